The molecule has 6 heteroatoms. The Balaban J connectivity index is 0.952. The van der Waals surface area contributed by atoms with E-state index in [-0.39, 0.29) is 0 Å². The van der Waals surface area contributed by atoms with Crippen molar-refractivity contribution in [3.8, 4) is 51.2 Å². The fourth-order valence-electron chi connectivity index (χ4n) is 14.1. The number of aryl methyl sites for hydroxylation is 10. The summed E-state index contributed by atoms with van der Waals surface area (Å²) in [7, 11) is 0. The van der Waals surface area contributed by atoms with E-state index in [2.05, 4.69) is 238 Å². The van der Waals surface area contributed by atoms with E-state index in [9.17, 15) is 0 Å². The Morgan fingerprint density at radius 1 is 0.330 bits per heavy atom. The first kappa shape index (κ1) is 64.0. The number of benzene rings is 6. The van der Waals surface area contributed by atoms with Gasteiger partial charge in [0, 0.05) is 46.7 Å². The van der Waals surface area contributed by atoms with Gasteiger partial charge in [0.05, 0.1) is 22.8 Å². The van der Waals surface area contributed by atoms with Crippen molar-refractivity contribution in [1.29, 1.82) is 0 Å². The van der Waals surface area contributed by atoms with Gasteiger partial charge in [0.25, 0.3) is 0 Å². The molecule has 0 saturated heterocycles. The molecule has 4 aliphatic heterocycles. The number of nitrogens with zero attached hydrogens (tertiary/aromatic N) is 6. The molecule has 88 heavy (non-hydrogen) atoms. The first-order valence-corrected chi connectivity index (χ1v) is 34.3. The highest BCUT2D eigenvalue weighted by atomic mass is 15.1. The molecule has 13 rings (SSSR count). The second-order valence-corrected chi connectivity index (χ2v) is 28.0. The third kappa shape index (κ3) is 14.8. The van der Waals surface area contributed by atoms with Crippen molar-refractivity contribution in [3.05, 3.63) is 212 Å². The van der Waals surface area contributed by atoms with Crippen molar-refractivity contribution in [2.45, 2.75) is 242 Å². The topological polar surface area (TPSA) is 53.5 Å². The Kier molecular flexibility index (Phi) is 21.1. The van der Waals surface area contributed by atoms with E-state index in [4.69, 9.17) is 15.0 Å². The van der Waals surface area contributed by atoms with Gasteiger partial charge in [0.1, 0.15) is 17.5 Å². The molecule has 0 fully saturated rings. The monoisotopic (exact) mass is 1170 g/mol. The van der Waals surface area contributed by atoms with E-state index in [1.54, 1.807) is 0 Å². The van der Waals surface area contributed by atoms with Crippen LogP contribution >= 0.6 is 0 Å². The summed E-state index contributed by atoms with van der Waals surface area (Å²) in [5, 5.41) is 0. The molecule has 7 heterocycles. The molecule has 6 aromatic carbocycles. The van der Waals surface area contributed by atoms with Gasteiger partial charge in [0.15, 0.2) is 0 Å². The molecule has 0 atom stereocenters. The van der Waals surface area contributed by atoms with Crippen molar-refractivity contribution in [3.63, 3.8) is 0 Å². The van der Waals surface area contributed by atoms with Crippen LogP contribution in [0, 0.1) is 27.7 Å². The summed E-state index contributed by atoms with van der Waals surface area (Å²) in [6, 6.07) is 42.6. The molecule has 0 radical (unpaired) electrons. The standard InChI is InChI=1S/C82H104N6/c1-54(2)72-46-59(11)45-62(14)77(72)87-70-31-25-19-16-22-28-64-35-41-67(42-36-64)81-84-52-71(88(81)79-75(57(7)8)49-61(13)50-76(79)58(9)10)32-26-20-17-23-29-65-37-43-68(44-38-65)82-85-69(53-86(82)78-73(55(3)4)47-60(12)48-74(78)56(5)6)30-24-18-15-21-27-63-33-39-66(40-34-63)80(87)83-51-70/h33-58H,15-32H2,1-14H3. The lowest BCUT2D eigenvalue weighted by molar-refractivity contribution is 0.631. The lowest BCUT2D eigenvalue weighted by atomic mass is 9.90. The van der Waals surface area contributed by atoms with Crippen LogP contribution in [0.2, 0.25) is 0 Å². The van der Waals surface area contributed by atoms with E-state index < -0.39 is 0 Å². The lowest BCUT2D eigenvalue weighted by Crippen LogP contribution is -2.12. The molecular weight excluding hydrogens is 1070 g/mol. The molecule has 0 amide bonds. The zero-order chi connectivity index (χ0) is 62.2. The summed E-state index contributed by atoms with van der Waals surface area (Å²) in [5.41, 5.74) is 27.8. The Labute approximate surface area is 530 Å². The molecule has 0 spiro atoms. The van der Waals surface area contributed by atoms with Crippen LogP contribution in [0.5, 0.6) is 0 Å². The Morgan fingerprint density at radius 2 is 0.648 bits per heavy atom. The van der Waals surface area contributed by atoms with Gasteiger partial charge in [-0.1, -0.05) is 234 Å². The molecule has 0 unspecified atom stereocenters. The molecule has 4 aliphatic rings. The van der Waals surface area contributed by atoms with Crippen LogP contribution < -0.4 is 0 Å². The van der Waals surface area contributed by atoms with Crippen molar-refractivity contribution in [2.75, 3.05) is 0 Å². The van der Waals surface area contributed by atoms with E-state index in [0.29, 0.717) is 29.6 Å². The first-order chi connectivity index (χ1) is 42.4. The van der Waals surface area contributed by atoms with Crippen LogP contribution in [0.3, 0.4) is 0 Å². The lowest BCUT2D eigenvalue weighted by Gasteiger charge is -2.24. The van der Waals surface area contributed by atoms with Crippen molar-refractivity contribution in [2.24, 2.45) is 0 Å². The average Bonchev–Trinajstić information content (AvgIpc) is 1.73. The average molecular weight is 1170 g/mol. The summed E-state index contributed by atoms with van der Waals surface area (Å²) in [4.78, 5) is 16.1. The first-order valence-electron chi connectivity index (χ1n) is 34.3. The van der Waals surface area contributed by atoms with Gasteiger partial charge in [0.2, 0.25) is 0 Å². The second kappa shape index (κ2) is 29.1. The zero-order valence-electron chi connectivity index (χ0n) is 56.4. The largest absolute Gasteiger partial charge is 0.299 e. The number of hydrogen-bond acceptors (Lipinski definition) is 3. The van der Waals surface area contributed by atoms with Gasteiger partial charge < -0.3 is 0 Å². The summed E-state index contributed by atoms with van der Waals surface area (Å²) < 4.78 is 7.55. The van der Waals surface area contributed by atoms with Crippen LogP contribution in [0.4, 0.5) is 0 Å². The Bertz CT molecular complexity index is 3700. The summed E-state index contributed by atoms with van der Waals surface area (Å²) in [6.07, 6.45) is 27.0. The quantitative estimate of drug-likeness (QED) is 0.152. The van der Waals surface area contributed by atoms with Gasteiger partial charge in [-0.2, -0.15) is 0 Å². The predicted octanol–water partition coefficient (Wildman–Crippen LogP) is 22.4. The third-order valence-corrected chi connectivity index (χ3v) is 18.9. The fraction of sp³-hybridized carbons (Fsp3) is 0.451. The van der Waals surface area contributed by atoms with Crippen LogP contribution in [0.1, 0.15) is 260 Å². The number of imidazole rings is 3. The van der Waals surface area contributed by atoms with Crippen molar-refractivity contribution >= 4 is 0 Å². The number of aromatic nitrogens is 6. The molecular formula is C82H104N6. The van der Waals surface area contributed by atoms with E-state index in [1.807, 2.05) is 0 Å². The normalized spacial score (nSPS) is 14.6. The van der Waals surface area contributed by atoms with Gasteiger partial charge in [-0.15, -0.1) is 0 Å². The highest BCUT2D eigenvalue weighted by Crippen LogP contribution is 2.40. The maximum absolute atomic E-state index is 5.53. The predicted molar refractivity (Wildman–Crippen MR) is 374 cm³/mol. The van der Waals surface area contributed by atoms with Crippen LogP contribution in [-0.4, -0.2) is 28.7 Å². The van der Waals surface area contributed by atoms with Crippen LogP contribution in [0.25, 0.3) is 51.2 Å². The minimum atomic E-state index is 0.376. The number of fused-ring (bicyclic) bond motifs is 3. The second-order valence-electron chi connectivity index (χ2n) is 28.0. The van der Waals surface area contributed by atoms with Crippen molar-refractivity contribution < 1.29 is 0 Å². The molecule has 6 nitrogen and oxygen atoms in total. The molecule has 3 aromatic heterocycles. The summed E-state index contributed by atoms with van der Waals surface area (Å²) in [6.45, 7) is 32.5. The molecule has 0 aliphatic carbocycles. The fourth-order valence-corrected chi connectivity index (χ4v) is 14.1. The minimum absolute atomic E-state index is 0.376. The SMILES string of the molecule is Cc1cc(C(C)C)c(-n2cc3nc2-c2ccc(cc2)CCCCCCc2cnc(n2-c2c(C(C)C)cc(C)cc2C(C)C)-c2ccc(cc2)CCCCCCc2cnc(n2-c2c(C)cc(C)cc2C(C)C)-c2ccc(cc2)CCCCCC3)c(C(C)C)c1. The number of hydrogen-bond donors (Lipinski definition) is 0. The summed E-state index contributed by atoms with van der Waals surface area (Å²) >= 11 is 0. The maximum Gasteiger partial charge on any atom is 0.144 e. The number of rotatable bonds is 8. The Hall–Kier alpha value is -7.05. The molecule has 9 aromatic rings. The third-order valence-electron chi connectivity index (χ3n) is 18.9. The highest BCUT2D eigenvalue weighted by Gasteiger charge is 2.26. The molecule has 12 bridgehead atoms. The molecule has 0 saturated carbocycles. The molecule has 0 N–H and O–H groups in total. The van der Waals surface area contributed by atoms with Crippen LogP contribution in [-0.2, 0) is 38.5 Å². The van der Waals surface area contributed by atoms with Gasteiger partial charge in [-0.05, 0) is 184 Å². The smallest absolute Gasteiger partial charge is 0.144 e. The highest BCUT2D eigenvalue weighted by molar-refractivity contribution is 5.67. The van der Waals surface area contributed by atoms with Gasteiger partial charge in [-0.3, -0.25) is 13.7 Å². The van der Waals surface area contributed by atoms with E-state index in [0.717, 1.165) is 75.3 Å². The maximum atomic E-state index is 5.53. The van der Waals surface area contributed by atoms with Gasteiger partial charge in [-0.25, -0.2) is 15.0 Å². The molecule has 462 valence electrons. The van der Waals surface area contributed by atoms with Gasteiger partial charge >= 0.3 is 0 Å². The Morgan fingerprint density at radius 3 is 1.03 bits per heavy atom. The summed E-state index contributed by atoms with van der Waals surface area (Å²) in [5.74, 6) is 5.06. The van der Waals surface area contributed by atoms with Crippen LogP contribution in [0.15, 0.2) is 128 Å². The van der Waals surface area contributed by atoms with E-state index in [1.165, 1.54) is 175 Å². The van der Waals surface area contributed by atoms with E-state index >= 15 is 0 Å². The zero-order valence-corrected chi connectivity index (χ0v) is 56.4. The minimum Gasteiger partial charge on any atom is -0.299 e. The van der Waals surface area contributed by atoms with Crippen molar-refractivity contribution in [1.82, 2.24) is 28.7 Å².